The van der Waals surface area contributed by atoms with Gasteiger partial charge in [-0.25, -0.2) is 4.98 Å². The first-order chi connectivity index (χ1) is 8.72. The summed E-state index contributed by atoms with van der Waals surface area (Å²) in [6.07, 6.45) is 4.02. The van der Waals surface area contributed by atoms with Gasteiger partial charge in [0.1, 0.15) is 5.82 Å². The minimum absolute atomic E-state index is 0.626. The Hall–Kier alpha value is -1.13. The van der Waals surface area contributed by atoms with Crippen molar-refractivity contribution in [3.8, 4) is 0 Å². The van der Waals surface area contributed by atoms with Gasteiger partial charge in [-0.2, -0.15) is 0 Å². The molecule has 2 bridgehead atoms. The topological polar surface area (TPSA) is 45.4 Å². The second-order valence-corrected chi connectivity index (χ2v) is 5.63. The van der Waals surface area contributed by atoms with Gasteiger partial charge >= 0.3 is 0 Å². The number of nitrogens with zero attached hydrogens (tertiary/aromatic N) is 3. The number of pyridine rings is 1. The van der Waals surface area contributed by atoms with Gasteiger partial charge in [-0.1, -0.05) is 6.07 Å². The van der Waals surface area contributed by atoms with Crippen molar-refractivity contribution in [3.63, 3.8) is 0 Å². The summed E-state index contributed by atoms with van der Waals surface area (Å²) in [6.45, 7) is 3.29. The van der Waals surface area contributed by atoms with Crippen LogP contribution in [0.25, 0.3) is 0 Å². The smallest absolute Gasteiger partial charge is 0.123 e. The van der Waals surface area contributed by atoms with Crippen LogP contribution in [0.3, 0.4) is 0 Å². The Balaban J connectivity index is 1.67. The molecule has 2 fully saturated rings. The van der Waals surface area contributed by atoms with E-state index < -0.39 is 0 Å². The first-order valence-electron chi connectivity index (χ1n) is 6.88. The first-order valence-corrected chi connectivity index (χ1v) is 6.88. The summed E-state index contributed by atoms with van der Waals surface area (Å²) in [7, 11) is 2.28. The number of likely N-dealkylation sites (tertiary alicyclic amines) is 1. The number of anilines is 1. The van der Waals surface area contributed by atoms with Crippen LogP contribution in [0.15, 0.2) is 18.2 Å². The molecular weight excluding hydrogens is 224 g/mol. The zero-order chi connectivity index (χ0) is 12.5. The minimum Gasteiger partial charge on any atom is -0.384 e. The fraction of sp³-hybridized carbons (Fsp3) is 0.643. The first kappa shape index (κ1) is 11.9. The average molecular weight is 246 g/mol. The van der Waals surface area contributed by atoms with Crippen LogP contribution in [0.1, 0.15) is 25.0 Å². The van der Waals surface area contributed by atoms with Gasteiger partial charge in [0, 0.05) is 31.7 Å². The van der Waals surface area contributed by atoms with Crippen molar-refractivity contribution in [2.45, 2.75) is 37.9 Å². The molecule has 98 valence electrons. The number of nitrogens with two attached hydrogens (primary N) is 1. The number of likely N-dealkylation sites (N-methyl/N-ethyl adjacent to an activating group) is 1. The summed E-state index contributed by atoms with van der Waals surface area (Å²) in [4.78, 5) is 9.51. The van der Waals surface area contributed by atoms with Crippen molar-refractivity contribution < 1.29 is 0 Å². The molecule has 0 aromatic carbocycles. The van der Waals surface area contributed by atoms with Crippen LogP contribution in [0.2, 0.25) is 0 Å². The number of hydrogen-bond donors (Lipinski definition) is 1. The molecule has 0 amide bonds. The third-order valence-electron chi connectivity index (χ3n) is 4.45. The van der Waals surface area contributed by atoms with Crippen LogP contribution < -0.4 is 5.73 Å². The molecule has 3 rings (SSSR count). The van der Waals surface area contributed by atoms with Crippen LogP contribution in [-0.2, 0) is 6.54 Å². The Bertz CT molecular complexity index is 420. The highest BCUT2D eigenvalue weighted by Crippen LogP contribution is 2.28. The van der Waals surface area contributed by atoms with Gasteiger partial charge in [-0.05, 0) is 38.4 Å². The number of aromatic nitrogens is 1. The SMILES string of the molecule is CN1C2CCC1CN(Cc1cccc(N)n1)CC2. The summed E-state index contributed by atoms with van der Waals surface area (Å²) < 4.78 is 0. The zero-order valence-electron chi connectivity index (χ0n) is 11.0. The molecule has 1 aromatic rings. The second kappa shape index (κ2) is 4.86. The van der Waals surface area contributed by atoms with Crippen LogP contribution in [0.4, 0.5) is 5.82 Å². The van der Waals surface area contributed by atoms with E-state index in [0.29, 0.717) is 5.82 Å². The molecule has 4 nitrogen and oxygen atoms in total. The van der Waals surface area contributed by atoms with Crippen molar-refractivity contribution in [1.29, 1.82) is 0 Å². The molecule has 1 aromatic heterocycles. The van der Waals surface area contributed by atoms with Crippen molar-refractivity contribution in [3.05, 3.63) is 23.9 Å². The molecule has 2 atom stereocenters. The fourth-order valence-corrected chi connectivity index (χ4v) is 3.34. The molecule has 2 N–H and O–H groups in total. The molecule has 2 aliphatic heterocycles. The van der Waals surface area contributed by atoms with Gasteiger partial charge in [-0.15, -0.1) is 0 Å². The fourth-order valence-electron chi connectivity index (χ4n) is 3.34. The van der Waals surface area contributed by atoms with Crippen LogP contribution >= 0.6 is 0 Å². The maximum Gasteiger partial charge on any atom is 0.123 e. The molecule has 3 heterocycles. The summed E-state index contributed by atoms with van der Waals surface area (Å²) in [6, 6.07) is 7.45. The standard InChI is InChI=1S/C14H22N4/c1-17-12-5-6-13(17)10-18(8-7-12)9-11-3-2-4-14(15)16-11/h2-4,12-13H,5-10H2,1H3,(H2,15,16). The Morgan fingerprint density at radius 3 is 2.94 bits per heavy atom. The predicted octanol–water partition coefficient (Wildman–Crippen LogP) is 1.33. The Labute approximate surface area is 109 Å². The van der Waals surface area contributed by atoms with E-state index in [9.17, 15) is 0 Å². The van der Waals surface area contributed by atoms with Gasteiger partial charge in [0.25, 0.3) is 0 Å². The highest BCUT2D eigenvalue weighted by atomic mass is 15.3. The van der Waals surface area contributed by atoms with E-state index in [2.05, 4.69) is 27.9 Å². The minimum atomic E-state index is 0.626. The van der Waals surface area contributed by atoms with Crippen LogP contribution in [0.5, 0.6) is 0 Å². The van der Waals surface area contributed by atoms with Crippen LogP contribution in [-0.4, -0.2) is 47.0 Å². The van der Waals surface area contributed by atoms with Gasteiger partial charge < -0.3 is 5.73 Å². The molecule has 2 aliphatic rings. The molecular formula is C14H22N4. The average Bonchev–Trinajstić information content (AvgIpc) is 2.58. The molecule has 0 radical (unpaired) electrons. The Morgan fingerprint density at radius 1 is 1.28 bits per heavy atom. The highest BCUT2D eigenvalue weighted by molar-refractivity contribution is 5.28. The predicted molar refractivity (Wildman–Crippen MR) is 73.1 cm³/mol. The summed E-state index contributed by atoms with van der Waals surface area (Å²) in [5, 5.41) is 0. The Kier molecular flexibility index (Phi) is 3.22. The maximum atomic E-state index is 5.74. The van der Waals surface area contributed by atoms with Crippen molar-refractivity contribution >= 4 is 5.82 Å². The van der Waals surface area contributed by atoms with Gasteiger partial charge in [0.15, 0.2) is 0 Å². The van der Waals surface area contributed by atoms with Crippen LogP contribution in [0, 0.1) is 0 Å². The number of nitrogen functional groups attached to an aromatic ring is 1. The summed E-state index contributed by atoms with van der Waals surface area (Å²) in [5.41, 5.74) is 6.83. The van der Waals surface area contributed by atoms with Crippen molar-refractivity contribution in [2.24, 2.45) is 0 Å². The lowest BCUT2D eigenvalue weighted by atomic mass is 10.1. The van der Waals surface area contributed by atoms with E-state index in [0.717, 1.165) is 24.3 Å². The monoisotopic (exact) mass is 246 g/mol. The van der Waals surface area contributed by atoms with E-state index in [-0.39, 0.29) is 0 Å². The molecule has 18 heavy (non-hydrogen) atoms. The van der Waals surface area contributed by atoms with E-state index in [1.54, 1.807) is 0 Å². The van der Waals surface area contributed by atoms with Gasteiger partial charge in [-0.3, -0.25) is 9.80 Å². The number of hydrogen-bond acceptors (Lipinski definition) is 4. The van der Waals surface area contributed by atoms with E-state index in [4.69, 9.17) is 5.73 Å². The normalized spacial score (nSPS) is 29.4. The molecule has 2 saturated heterocycles. The largest absolute Gasteiger partial charge is 0.384 e. The quantitative estimate of drug-likeness (QED) is 0.855. The number of fused-ring (bicyclic) bond motifs is 2. The van der Waals surface area contributed by atoms with E-state index in [1.165, 1.54) is 32.4 Å². The lowest BCUT2D eigenvalue weighted by molar-refractivity contribution is 0.213. The van der Waals surface area contributed by atoms with E-state index >= 15 is 0 Å². The summed E-state index contributed by atoms with van der Waals surface area (Å²) >= 11 is 0. The van der Waals surface area contributed by atoms with Gasteiger partial charge in [0.05, 0.1) is 5.69 Å². The maximum absolute atomic E-state index is 5.74. The Morgan fingerprint density at radius 2 is 2.11 bits per heavy atom. The molecule has 2 unspecified atom stereocenters. The molecule has 4 heteroatoms. The van der Waals surface area contributed by atoms with Gasteiger partial charge in [0.2, 0.25) is 0 Å². The third-order valence-corrected chi connectivity index (χ3v) is 4.45. The molecule has 0 saturated carbocycles. The van der Waals surface area contributed by atoms with E-state index in [1.807, 2.05) is 12.1 Å². The zero-order valence-corrected chi connectivity index (χ0v) is 11.0. The lowest BCUT2D eigenvalue weighted by Gasteiger charge is -2.25. The third kappa shape index (κ3) is 2.35. The van der Waals surface area contributed by atoms with Crippen molar-refractivity contribution in [1.82, 2.24) is 14.8 Å². The molecule has 0 aliphatic carbocycles. The molecule has 0 spiro atoms. The highest BCUT2D eigenvalue weighted by Gasteiger charge is 2.34. The lowest BCUT2D eigenvalue weighted by Crippen LogP contribution is -2.36. The second-order valence-electron chi connectivity index (χ2n) is 5.63. The number of rotatable bonds is 2. The van der Waals surface area contributed by atoms with Crippen molar-refractivity contribution in [2.75, 3.05) is 25.9 Å². The summed E-state index contributed by atoms with van der Waals surface area (Å²) in [5.74, 6) is 0.626.